The number of benzene rings is 2. The van der Waals surface area contributed by atoms with Crippen molar-refractivity contribution >= 4 is 17.9 Å². The van der Waals surface area contributed by atoms with E-state index in [0.717, 1.165) is 0 Å². The maximum absolute atomic E-state index is 12.2. The molecule has 8 heteroatoms. The van der Waals surface area contributed by atoms with Gasteiger partial charge < -0.3 is 18.9 Å². The van der Waals surface area contributed by atoms with Gasteiger partial charge in [0.15, 0.2) is 17.2 Å². The molecule has 146 valence electrons. The van der Waals surface area contributed by atoms with Crippen molar-refractivity contribution in [3.63, 3.8) is 0 Å². The van der Waals surface area contributed by atoms with E-state index in [4.69, 9.17) is 14.2 Å². The lowest BCUT2D eigenvalue weighted by Gasteiger charge is -2.09. The molecule has 6 nitrogen and oxygen atoms in total. The van der Waals surface area contributed by atoms with Gasteiger partial charge in [0.05, 0.1) is 13.7 Å². The summed E-state index contributed by atoms with van der Waals surface area (Å²) in [5.74, 6) is 0.590. The van der Waals surface area contributed by atoms with Crippen molar-refractivity contribution in [2.24, 2.45) is 4.99 Å². The number of rotatable bonds is 7. The number of carbonyl (C=O) groups excluding carboxylic acids is 1. The zero-order chi connectivity index (χ0) is 20.1. The highest BCUT2D eigenvalue weighted by Crippen LogP contribution is 2.30. The summed E-state index contributed by atoms with van der Waals surface area (Å²) in [6, 6.07) is 10.9. The Morgan fingerprint density at radius 3 is 2.54 bits per heavy atom. The minimum Gasteiger partial charge on any atom is -0.493 e. The lowest BCUT2D eigenvalue weighted by Crippen LogP contribution is -2.06. The summed E-state index contributed by atoms with van der Waals surface area (Å²) in [5, 5.41) is 0. The van der Waals surface area contributed by atoms with Crippen LogP contribution < -0.4 is 14.2 Å². The van der Waals surface area contributed by atoms with Crippen LogP contribution in [0.15, 0.2) is 53.2 Å². The monoisotopic (exact) mass is 389 g/mol. The van der Waals surface area contributed by atoms with E-state index in [2.05, 4.69) is 9.73 Å². The molecule has 0 N–H and O–H groups in total. The number of alkyl halides is 2. The number of hydrogen-bond acceptors (Lipinski definition) is 6. The Morgan fingerprint density at radius 1 is 1.14 bits per heavy atom. The van der Waals surface area contributed by atoms with Gasteiger partial charge in [-0.05, 0) is 55.0 Å². The highest BCUT2D eigenvalue weighted by Gasteiger charge is 2.24. The Morgan fingerprint density at radius 2 is 1.89 bits per heavy atom. The van der Waals surface area contributed by atoms with Gasteiger partial charge in [0.1, 0.15) is 5.75 Å². The summed E-state index contributed by atoms with van der Waals surface area (Å²) in [5.41, 5.74) is 1.25. The third-order valence-electron chi connectivity index (χ3n) is 3.74. The Balaban J connectivity index is 1.83. The molecule has 0 saturated carbocycles. The summed E-state index contributed by atoms with van der Waals surface area (Å²) in [6.45, 7) is -0.544. The van der Waals surface area contributed by atoms with Crippen LogP contribution in [0.1, 0.15) is 18.1 Å². The first-order valence-corrected chi connectivity index (χ1v) is 8.38. The van der Waals surface area contributed by atoms with Crippen LogP contribution in [0, 0.1) is 0 Å². The normalized spacial score (nSPS) is 14.8. The fourth-order valence-corrected chi connectivity index (χ4v) is 2.52. The lowest BCUT2D eigenvalue weighted by molar-refractivity contribution is -0.129. The van der Waals surface area contributed by atoms with Gasteiger partial charge in [0.25, 0.3) is 0 Å². The third kappa shape index (κ3) is 4.46. The molecular formula is C20H17F2NO5. The van der Waals surface area contributed by atoms with Crippen LogP contribution in [0.2, 0.25) is 0 Å². The van der Waals surface area contributed by atoms with Crippen molar-refractivity contribution in [2.75, 3.05) is 13.7 Å². The molecule has 28 heavy (non-hydrogen) atoms. The third-order valence-corrected chi connectivity index (χ3v) is 3.74. The second-order valence-electron chi connectivity index (χ2n) is 5.58. The smallest absolute Gasteiger partial charge is 0.387 e. The predicted octanol–water partition coefficient (Wildman–Crippen LogP) is 4.04. The van der Waals surface area contributed by atoms with E-state index >= 15 is 0 Å². The Bertz CT molecular complexity index is 923. The van der Waals surface area contributed by atoms with E-state index in [-0.39, 0.29) is 17.3 Å². The van der Waals surface area contributed by atoms with E-state index in [9.17, 15) is 13.6 Å². The van der Waals surface area contributed by atoms with Gasteiger partial charge in [-0.15, -0.1) is 0 Å². The standard InChI is InChI=1S/C20H17F2NO5/c1-3-26-16-9-4-12(11-17(16)25-2)10-15-19(24)28-18(23-15)13-5-7-14(8-6-13)27-20(21)22/h4-11,20H,3H2,1-2H3/b15-10-. The van der Waals surface area contributed by atoms with Crippen molar-refractivity contribution in [2.45, 2.75) is 13.5 Å². The molecule has 0 saturated heterocycles. The molecule has 1 aliphatic rings. The molecule has 1 aliphatic heterocycles. The van der Waals surface area contributed by atoms with Crippen LogP contribution in [0.5, 0.6) is 17.2 Å². The highest BCUT2D eigenvalue weighted by atomic mass is 19.3. The number of carbonyl (C=O) groups is 1. The first kappa shape index (κ1) is 19.3. The van der Waals surface area contributed by atoms with Gasteiger partial charge in [-0.1, -0.05) is 6.07 Å². The van der Waals surface area contributed by atoms with Gasteiger partial charge in [-0.2, -0.15) is 8.78 Å². The summed E-state index contributed by atoms with van der Waals surface area (Å²) in [7, 11) is 1.52. The number of nitrogens with zero attached hydrogens (tertiary/aromatic N) is 1. The molecule has 0 radical (unpaired) electrons. The number of ether oxygens (including phenoxy) is 4. The summed E-state index contributed by atoms with van der Waals surface area (Å²) < 4.78 is 44.6. The second-order valence-corrected chi connectivity index (χ2v) is 5.58. The zero-order valence-corrected chi connectivity index (χ0v) is 15.1. The van der Waals surface area contributed by atoms with E-state index in [0.29, 0.717) is 29.2 Å². The molecule has 1 heterocycles. The second kappa shape index (κ2) is 8.51. The largest absolute Gasteiger partial charge is 0.493 e. The Hall–Kier alpha value is -3.42. The van der Waals surface area contributed by atoms with Crippen LogP contribution >= 0.6 is 0 Å². The molecule has 0 unspecified atom stereocenters. The summed E-state index contributed by atoms with van der Waals surface area (Å²) in [6.07, 6.45) is 1.56. The topological polar surface area (TPSA) is 66.3 Å². The molecule has 0 fully saturated rings. The van der Waals surface area contributed by atoms with Gasteiger partial charge in [0.2, 0.25) is 5.90 Å². The number of cyclic esters (lactones) is 1. The first-order valence-electron chi connectivity index (χ1n) is 8.38. The summed E-state index contributed by atoms with van der Waals surface area (Å²) >= 11 is 0. The maximum Gasteiger partial charge on any atom is 0.387 e. The van der Waals surface area contributed by atoms with E-state index in [1.165, 1.54) is 31.4 Å². The van der Waals surface area contributed by atoms with Crippen molar-refractivity contribution in [3.05, 3.63) is 59.3 Å². The minimum atomic E-state index is -2.91. The average Bonchev–Trinajstić information content (AvgIpc) is 3.03. The van der Waals surface area contributed by atoms with Crippen molar-refractivity contribution < 1.29 is 32.5 Å². The Labute approximate surface area is 160 Å². The van der Waals surface area contributed by atoms with Gasteiger partial charge in [-0.3, -0.25) is 0 Å². The number of halogens is 2. The molecule has 0 aromatic heterocycles. The minimum absolute atomic E-state index is 0.000854. The molecule has 0 aliphatic carbocycles. The molecule has 0 atom stereocenters. The zero-order valence-electron chi connectivity index (χ0n) is 15.1. The van der Waals surface area contributed by atoms with Crippen molar-refractivity contribution in [3.8, 4) is 17.2 Å². The quantitative estimate of drug-likeness (QED) is 0.528. The number of methoxy groups -OCH3 is 1. The average molecular weight is 389 g/mol. The molecule has 2 aromatic carbocycles. The number of hydrogen-bond donors (Lipinski definition) is 0. The van der Waals surface area contributed by atoms with Crippen molar-refractivity contribution in [1.82, 2.24) is 0 Å². The lowest BCUT2D eigenvalue weighted by atomic mass is 10.1. The van der Waals surface area contributed by atoms with Crippen LogP contribution in [0.3, 0.4) is 0 Å². The van der Waals surface area contributed by atoms with Gasteiger partial charge in [-0.25, -0.2) is 9.79 Å². The van der Waals surface area contributed by atoms with Gasteiger partial charge in [0, 0.05) is 5.56 Å². The van der Waals surface area contributed by atoms with Crippen LogP contribution in [-0.4, -0.2) is 32.2 Å². The molecule has 0 bridgehead atoms. The van der Waals surface area contributed by atoms with Crippen molar-refractivity contribution in [1.29, 1.82) is 0 Å². The maximum atomic E-state index is 12.2. The van der Waals surface area contributed by atoms with Crippen LogP contribution in [0.4, 0.5) is 8.78 Å². The summed E-state index contributed by atoms with van der Waals surface area (Å²) in [4.78, 5) is 16.3. The predicted molar refractivity (Wildman–Crippen MR) is 97.8 cm³/mol. The van der Waals surface area contributed by atoms with Gasteiger partial charge >= 0.3 is 12.6 Å². The molecule has 0 amide bonds. The SMILES string of the molecule is CCOc1ccc(/C=C2\N=C(c3ccc(OC(F)F)cc3)OC2=O)cc1OC. The molecular weight excluding hydrogens is 372 g/mol. The van der Waals surface area contributed by atoms with Crippen LogP contribution in [-0.2, 0) is 9.53 Å². The number of esters is 1. The Kier molecular flexibility index (Phi) is 5.88. The molecule has 2 aromatic rings. The highest BCUT2D eigenvalue weighted by molar-refractivity contribution is 6.12. The fourth-order valence-electron chi connectivity index (χ4n) is 2.52. The molecule has 0 spiro atoms. The first-order chi connectivity index (χ1) is 13.5. The van der Waals surface area contributed by atoms with E-state index < -0.39 is 12.6 Å². The van der Waals surface area contributed by atoms with Crippen LogP contribution in [0.25, 0.3) is 6.08 Å². The van der Waals surface area contributed by atoms with E-state index in [1.54, 1.807) is 24.3 Å². The fraction of sp³-hybridized carbons (Fsp3) is 0.200. The molecule has 3 rings (SSSR count). The van der Waals surface area contributed by atoms with E-state index in [1.807, 2.05) is 6.92 Å². The number of aliphatic imine (C=N–C) groups is 1.